The van der Waals surface area contributed by atoms with E-state index in [9.17, 15) is 0 Å². The van der Waals surface area contributed by atoms with E-state index in [4.69, 9.17) is 4.74 Å². The molecule has 4 heteroatoms. The maximum Gasteiger partial charge on any atom is 0.0615 e. The molecule has 1 N–H and O–H groups in total. The van der Waals surface area contributed by atoms with Gasteiger partial charge in [0.05, 0.1) is 6.61 Å². The Hall–Kier alpha value is 0.100. The predicted octanol–water partition coefficient (Wildman–Crippen LogP) is 3.03. The van der Waals surface area contributed by atoms with Crippen LogP contribution in [0.25, 0.3) is 0 Å². The van der Waals surface area contributed by atoms with Crippen LogP contribution in [0.1, 0.15) is 18.2 Å². The van der Waals surface area contributed by atoms with Gasteiger partial charge in [0.25, 0.3) is 0 Å². The van der Waals surface area contributed by atoms with Gasteiger partial charge >= 0.3 is 0 Å². The second kappa shape index (κ2) is 6.56. The van der Waals surface area contributed by atoms with Crippen LogP contribution < -0.4 is 5.32 Å². The van der Waals surface area contributed by atoms with Crippen LogP contribution in [0.4, 0.5) is 0 Å². The van der Waals surface area contributed by atoms with E-state index in [1.165, 1.54) is 9.35 Å². The molecule has 0 fully saturated rings. The van der Waals surface area contributed by atoms with Gasteiger partial charge in [-0.2, -0.15) is 0 Å². The minimum absolute atomic E-state index is 0.453. The zero-order valence-electron chi connectivity index (χ0n) is 8.55. The molecule has 80 valence electrons. The van der Waals surface area contributed by atoms with E-state index in [1.807, 2.05) is 0 Å². The van der Waals surface area contributed by atoms with Crippen LogP contribution in [-0.4, -0.2) is 19.8 Å². The lowest BCUT2D eigenvalue weighted by molar-refractivity contribution is 0.164. The normalized spacial score (nSPS) is 13.1. The summed E-state index contributed by atoms with van der Waals surface area (Å²) in [7, 11) is 1.74. The molecule has 0 aliphatic carbocycles. The number of nitrogens with one attached hydrogen (secondary N) is 1. The van der Waals surface area contributed by atoms with Crippen molar-refractivity contribution in [3.63, 3.8) is 0 Å². The predicted molar refractivity (Wildman–Crippen MR) is 64.8 cm³/mol. The summed E-state index contributed by atoms with van der Waals surface area (Å²) in [6.07, 6.45) is 1.09. The number of methoxy groups -OCH3 is 1. The number of thiophene rings is 1. The second-order valence-electron chi connectivity index (χ2n) is 3.13. The summed E-state index contributed by atoms with van der Waals surface area (Å²) < 4.78 is 6.32. The summed E-state index contributed by atoms with van der Waals surface area (Å²) in [6, 6.07) is 2.54. The molecule has 14 heavy (non-hydrogen) atoms. The lowest BCUT2D eigenvalue weighted by atomic mass is 10.2. The van der Waals surface area contributed by atoms with Crippen LogP contribution in [0.5, 0.6) is 0 Å². The number of halogens is 1. The molecule has 1 heterocycles. The molecule has 0 radical (unpaired) electrons. The Morgan fingerprint density at radius 1 is 1.64 bits per heavy atom. The number of hydrogen-bond acceptors (Lipinski definition) is 3. The first-order chi connectivity index (χ1) is 6.77. The summed E-state index contributed by atoms with van der Waals surface area (Å²) in [5, 5.41) is 5.56. The first-order valence-electron chi connectivity index (χ1n) is 4.72. The average molecular weight is 278 g/mol. The molecule has 1 unspecified atom stereocenters. The van der Waals surface area contributed by atoms with Crippen molar-refractivity contribution < 1.29 is 4.74 Å². The van der Waals surface area contributed by atoms with Gasteiger partial charge < -0.3 is 10.1 Å². The molecule has 0 saturated carbocycles. The monoisotopic (exact) mass is 277 g/mol. The van der Waals surface area contributed by atoms with E-state index in [0.29, 0.717) is 6.04 Å². The molecule has 0 bridgehead atoms. The summed E-state index contributed by atoms with van der Waals surface area (Å²) >= 11 is 5.29. The molecule has 0 aliphatic heterocycles. The van der Waals surface area contributed by atoms with Gasteiger partial charge in [0.15, 0.2) is 0 Å². The smallest absolute Gasteiger partial charge is 0.0615 e. The Labute approximate surface area is 97.8 Å². The van der Waals surface area contributed by atoms with Gasteiger partial charge in [-0.1, -0.05) is 6.92 Å². The van der Waals surface area contributed by atoms with Crippen molar-refractivity contribution in [1.82, 2.24) is 5.32 Å². The Morgan fingerprint density at radius 2 is 2.43 bits per heavy atom. The second-order valence-corrected chi connectivity index (χ2v) is 4.99. The van der Waals surface area contributed by atoms with Crippen molar-refractivity contribution in [2.24, 2.45) is 0 Å². The standard InChI is InChI=1S/C10H16BrNOS/c1-3-8(7-13-2)12-6-10-9(11)4-5-14-10/h4-5,8,12H,3,6-7H2,1-2H3. The molecule has 0 aromatic carbocycles. The number of rotatable bonds is 6. The topological polar surface area (TPSA) is 21.3 Å². The molecular weight excluding hydrogens is 262 g/mol. The Kier molecular flexibility index (Phi) is 5.70. The van der Waals surface area contributed by atoms with Crippen molar-refractivity contribution in [1.29, 1.82) is 0 Å². The lowest BCUT2D eigenvalue weighted by Gasteiger charge is -2.15. The van der Waals surface area contributed by atoms with Gasteiger partial charge in [-0.25, -0.2) is 0 Å². The highest BCUT2D eigenvalue weighted by atomic mass is 79.9. The van der Waals surface area contributed by atoms with Crippen LogP contribution in [-0.2, 0) is 11.3 Å². The fourth-order valence-corrected chi connectivity index (χ4v) is 2.65. The van der Waals surface area contributed by atoms with Crippen LogP contribution in [0.15, 0.2) is 15.9 Å². The number of hydrogen-bond donors (Lipinski definition) is 1. The van der Waals surface area contributed by atoms with E-state index < -0.39 is 0 Å². The van der Waals surface area contributed by atoms with Crippen LogP contribution in [0, 0.1) is 0 Å². The maximum absolute atomic E-state index is 5.12. The van der Waals surface area contributed by atoms with Crippen molar-refractivity contribution in [3.8, 4) is 0 Å². The molecule has 1 rings (SSSR count). The zero-order valence-corrected chi connectivity index (χ0v) is 11.0. The van der Waals surface area contributed by atoms with E-state index in [-0.39, 0.29) is 0 Å². The molecule has 1 atom stereocenters. The van der Waals surface area contributed by atoms with Crippen LogP contribution in [0.3, 0.4) is 0 Å². The third kappa shape index (κ3) is 3.69. The average Bonchev–Trinajstić information content (AvgIpc) is 2.59. The van der Waals surface area contributed by atoms with Crippen molar-refractivity contribution in [2.75, 3.05) is 13.7 Å². The molecule has 2 nitrogen and oxygen atoms in total. The lowest BCUT2D eigenvalue weighted by Crippen LogP contribution is -2.31. The quantitative estimate of drug-likeness (QED) is 0.863. The molecule has 0 amide bonds. The molecule has 0 saturated heterocycles. The van der Waals surface area contributed by atoms with Gasteiger partial charge in [0.1, 0.15) is 0 Å². The molecule has 1 aromatic heterocycles. The molecule has 0 aliphatic rings. The molecular formula is C10H16BrNOS. The van der Waals surface area contributed by atoms with Crippen LogP contribution in [0.2, 0.25) is 0 Å². The largest absolute Gasteiger partial charge is 0.383 e. The molecule has 1 aromatic rings. The minimum Gasteiger partial charge on any atom is -0.383 e. The Bertz CT molecular complexity index is 264. The van der Waals surface area contributed by atoms with E-state index in [1.54, 1.807) is 18.4 Å². The highest BCUT2D eigenvalue weighted by Crippen LogP contribution is 2.22. The third-order valence-corrected chi connectivity index (χ3v) is 4.03. The summed E-state index contributed by atoms with van der Waals surface area (Å²) in [5.41, 5.74) is 0. The summed E-state index contributed by atoms with van der Waals surface area (Å²) in [6.45, 7) is 3.86. The fourth-order valence-electron chi connectivity index (χ4n) is 1.21. The highest BCUT2D eigenvalue weighted by Gasteiger charge is 2.06. The van der Waals surface area contributed by atoms with E-state index in [2.05, 4.69) is 39.6 Å². The Morgan fingerprint density at radius 3 is 2.93 bits per heavy atom. The molecule has 0 spiro atoms. The van der Waals surface area contributed by atoms with E-state index >= 15 is 0 Å². The third-order valence-electron chi connectivity index (χ3n) is 2.10. The van der Waals surface area contributed by atoms with E-state index in [0.717, 1.165) is 19.6 Å². The van der Waals surface area contributed by atoms with Crippen molar-refractivity contribution in [3.05, 3.63) is 20.8 Å². The fraction of sp³-hybridized carbons (Fsp3) is 0.600. The van der Waals surface area contributed by atoms with Gasteiger partial charge in [0, 0.05) is 29.0 Å². The first-order valence-corrected chi connectivity index (χ1v) is 6.39. The Balaban J connectivity index is 2.35. The highest BCUT2D eigenvalue weighted by molar-refractivity contribution is 9.10. The van der Waals surface area contributed by atoms with Crippen molar-refractivity contribution >= 4 is 27.3 Å². The van der Waals surface area contributed by atoms with Gasteiger partial charge in [-0.15, -0.1) is 11.3 Å². The summed E-state index contributed by atoms with van der Waals surface area (Å²) in [4.78, 5) is 1.35. The SMILES string of the molecule is CCC(COC)NCc1sccc1Br. The minimum atomic E-state index is 0.453. The van der Waals surface area contributed by atoms with Crippen molar-refractivity contribution in [2.45, 2.75) is 25.9 Å². The van der Waals surface area contributed by atoms with Crippen LogP contribution >= 0.6 is 27.3 Å². The van der Waals surface area contributed by atoms with Gasteiger partial charge in [-0.3, -0.25) is 0 Å². The first kappa shape index (κ1) is 12.2. The van der Waals surface area contributed by atoms with Gasteiger partial charge in [-0.05, 0) is 33.8 Å². The van der Waals surface area contributed by atoms with Gasteiger partial charge in [0.2, 0.25) is 0 Å². The zero-order chi connectivity index (χ0) is 10.4. The maximum atomic E-state index is 5.12. The summed E-state index contributed by atoms with van der Waals surface area (Å²) in [5.74, 6) is 0. The number of ether oxygens (including phenoxy) is 1.